The molecule has 0 spiro atoms. The van der Waals surface area contributed by atoms with Crippen LogP contribution in [0.5, 0.6) is 0 Å². The summed E-state index contributed by atoms with van der Waals surface area (Å²) >= 11 is 0. The summed E-state index contributed by atoms with van der Waals surface area (Å²) in [4.78, 5) is 24.2. The van der Waals surface area contributed by atoms with Gasteiger partial charge in [-0.1, -0.05) is 6.07 Å². The molecule has 0 saturated heterocycles. The highest BCUT2D eigenvalue weighted by Gasteiger charge is 2.13. The predicted molar refractivity (Wildman–Crippen MR) is 66.9 cm³/mol. The smallest absolute Gasteiger partial charge is 0.272 e. The van der Waals surface area contributed by atoms with Crippen LogP contribution in [0.15, 0.2) is 36.8 Å². The van der Waals surface area contributed by atoms with Crippen LogP contribution >= 0.6 is 0 Å². The number of hydrogen-bond acceptors (Lipinski definition) is 4. The van der Waals surface area contributed by atoms with Crippen LogP contribution in [0.25, 0.3) is 0 Å². The monoisotopic (exact) mass is 242 g/mol. The Kier molecular flexibility index (Phi) is 3.62. The Balaban J connectivity index is 2.06. The van der Waals surface area contributed by atoms with E-state index in [0.717, 1.165) is 11.4 Å². The highest BCUT2D eigenvalue weighted by atomic mass is 16.1. The Bertz CT molecular complexity index is 524. The molecule has 0 fully saturated rings. The maximum absolute atomic E-state index is 11.9. The van der Waals surface area contributed by atoms with Gasteiger partial charge in [0.2, 0.25) is 0 Å². The number of aryl methyl sites for hydroxylation is 1. The van der Waals surface area contributed by atoms with Gasteiger partial charge in [-0.05, 0) is 26.0 Å². The molecule has 1 atom stereocenters. The zero-order valence-corrected chi connectivity index (χ0v) is 10.3. The molecule has 0 aromatic carbocycles. The van der Waals surface area contributed by atoms with E-state index in [1.165, 1.54) is 6.20 Å². The van der Waals surface area contributed by atoms with E-state index in [9.17, 15) is 4.79 Å². The second-order valence-electron chi connectivity index (χ2n) is 3.99. The molecule has 2 rings (SSSR count). The van der Waals surface area contributed by atoms with Gasteiger partial charge < -0.3 is 5.32 Å². The van der Waals surface area contributed by atoms with Crippen molar-refractivity contribution in [3.05, 3.63) is 53.9 Å². The van der Waals surface area contributed by atoms with Crippen LogP contribution in [0.4, 0.5) is 0 Å². The minimum Gasteiger partial charge on any atom is -0.343 e. The van der Waals surface area contributed by atoms with E-state index in [1.807, 2.05) is 32.0 Å². The molecule has 5 nitrogen and oxygen atoms in total. The summed E-state index contributed by atoms with van der Waals surface area (Å²) in [5.41, 5.74) is 1.90. The van der Waals surface area contributed by atoms with Gasteiger partial charge in [-0.2, -0.15) is 0 Å². The predicted octanol–water partition coefficient (Wildman–Crippen LogP) is 1.67. The third-order valence-corrected chi connectivity index (χ3v) is 2.49. The molecule has 2 aromatic heterocycles. The van der Waals surface area contributed by atoms with Gasteiger partial charge in [0.15, 0.2) is 0 Å². The molecule has 0 aliphatic heterocycles. The molecule has 2 aromatic rings. The molecule has 1 N–H and O–H groups in total. The van der Waals surface area contributed by atoms with Crippen LogP contribution in [-0.2, 0) is 0 Å². The Morgan fingerprint density at radius 1 is 1.22 bits per heavy atom. The fraction of sp³-hybridized carbons (Fsp3) is 0.231. The third-order valence-electron chi connectivity index (χ3n) is 2.49. The fourth-order valence-electron chi connectivity index (χ4n) is 1.49. The van der Waals surface area contributed by atoms with E-state index in [1.54, 1.807) is 12.4 Å². The van der Waals surface area contributed by atoms with Crippen molar-refractivity contribution in [2.24, 2.45) is 0 Å². The van der Waals surface area contributed by atoms with Crippen molar-refractivity contribution in [1.29, 1.82) is 0 Å². The van der Waals surface area contributed by atoms with E-state index in [2.05, 4.69) is 20.3 Å². The van der Waals surface area contributed by atoms with Crippen molar-refractivity contribution in [3.8, 4) is 0 Å². The summed E-state index contributed by atoms with van der Waals surface area (Å²) in [5.74, 6) is -0.249. The summed E-state index contributed by atoms with van der Waals surface area (Å²) < 4.78 is 0. The number of rotatable bonds is 3. The lowest BCUT2D eigenvalue weighted by molar-refractivity contribution is 0.0933. The number of pyridine rings is 1. The number of aromatic nitrogens is 3. The number of carbonyl (C=O) groups excluding carboxylic acids is 1. The second kappa shape index (κ2) is 5.35. The van der Waals surface area contributed by atoms with E-state index in [0.29, 0.717) is 5.69 Å². The van der Waals surface area contributed by atoms with Crippen LogP contribution < -0.4 is 5.32 Å². The summed E-state index contributed by atoms with van der Waals surface area (Å²) in [6, 6.07) is 5.42. The van der Waals surface area contributed by atoms with Crippen LogP contribution in [-0.4, -0.2) is 20.9 Å². The molecule has 1 amide bonds. The first kappa shape index (κ1) is 12.2. The van der Waals surface area contributed by atoms with Gasteiger partial charge in [0.25, 0.3) is 5.91 Å². The number of carbonyl (C=O) groups is 1. The largest absolute Gasteiger partial charge is 0.343 e. The molecular weight excluding hydrogens is 228 g/mol. The highest BCUT2D eigenvalue weighted by Crippen LogP contribution is 2.08. The van der Waals surface area contributed by atoms with Crippen molar-refractivity contribution >= 4 is 5.91 Å². The molecule has 0 radical (unpaired) electrons. The molecule has 0 unspecified atom stereocenters. The molecule has 2 heterocycles. The summed E-state index contributed by atoms with van der Waals surface area (Å²) in [6.07, 6.45) is 4.74. The van der Waals surface area contributed by atoms with Crippen molar-refractivity contribution in [2.75, 3.05) is 0 Å². The fourth-order valence-corrected chi connectivity index (χ4v) is 1.49. The van der Waals surface area contributed by atoms with Gasteiger partial charge >= 0.3 is 0 Å². The normalized spacial score (nSPS) is 11.9. The van der Waals surface area contributed by atoms with E-state index in [4.69, 9.17) is 0 Å². The van der Waals surface area contributed by atoms with Crippen LogP contribution in [0.3, 0.4) is 0 Å². The Hall–Kier alpha value is -2.30. The molecule has 0 aliphatic rings. The van der Waals surface area contributed by atoms with Crippen LogP contribution in [0.2, 0.25) is 0 Å². The number of amides is 1. The van der Waals surface area contributed by atoms with Crippen LogP contribution in [0, 0.1) is 6.92 Å². The lowest BCUT2D eigenvalue weighted by Gasteiger charge is -2.12. The molecule has 92 valence electrons. The molecule has 5 heteroatoms. The maximum Gasteiger partial charge on any atom is 0.272 e. The van der Waals surface area contributed by atoms with Crippen molar-refractivity contribution in [2.45, 2.75) is 19.9 Å². The van der Waals surface area contributed by atoms with Gasteiger partial charge in [0, 0.05) is 12.4 Å². The number of nitrogens with zero attached hydrogens (tertiary/aromatic N) is 3. The zero-order chi connectivity index (χ0) is 13.0. The van der Waals surface area contributed by atoms with Crippen molar-refractivity contribution in [1.82, 2.24) is 20.3 Å². The number of hydrogen-bond donors (Lipinski definition) is 1. The topological polar surface area (TPSA) is 67.8 Å². The maximum atomic E-state index is 11.9. The summed E-state index contributed by atoms with van der Waals surface area (Å²) in [5, 5.41) is 2.83. The van der Waals surface area contributed by atoms with Gasteiger partial charge in [-0.3, -0.25) is 14.8 Å². The van der Waals surface area contributed by atoms with E-state index < -0.39 is 0 Å². The van der Waals surface area contributed by atoms with Gasteiger partial charge in [-0.25, -0.2) is 4.98 Å². The third kappa shape index (κ3) is 2.88. The highest BCUT2D eigenvalue weighted by molar-refractivity contribution is 5.92. The molecule has 18 heavy (non-hydrogen) atoms. The minimum absolute atomic E-state index is 0.165. The summed E-state index contributed by atoms with van der Waals surface area (Å²) in [7, 11) is 0. The molecular formula is C13H14N4O. The van der Waals surface area contributed by atoms with E-state index >= 15 is 0 Å². The molecule has 0 aliphatic carbocycles. The van der Waals surface area contributed by atoms with Gasteiger partial charge in [-0.15, -0.1) is 0 Å². The Morgan fingerprint density at radius 2 is 2.06 bits per heavy atom. The van der Waals surface area contributed by atoms with E-state index in [-0.39, 0.29) is 11.9 Å². The lowest BCUT2D eigenvalue weighted by Crippen LogP contribution is -2.28. The molecule has 0 bridgehead atoms. The average molecular weight is 242 g/mol. The van der Waals surface area contributed by atoms with Gasteiger partial charge in [0.05, 0.1) is 23.6 Å². The quantitative estimate of drug-likeness (QED) is 0.889. The Morgan fingerprint density at radius 3 is 2.67 bits per heavy atom. The minimum atomic E-state index is -0.249. The first-order chi connectivity index (χ1) is 8.66. The summed E-state index contributed by atoms with van der Waals surface area (Å²) in [6.45, 7) is 3.70. The zero-order valence-electron chi connectivity index (χ0n) is 10.3. The van der Waals surface area contributed by atoms with Crippen molar-refractivity contribution < 1.29 is 4.79 Å². The average Bonchev–Trinajstić information content (AvgIpc) is 2.40. The first-order valence-corrected chi connectivity index (χ1v) is 5.67. The second-order valence-corrected chi connectivity index (χ2v) is 3.99. The Labute approximate surface area is 105 Å². The van der Waals surface area contributed by atoms with Gasteiger partial charge in [0.1, 0.15) is 5.69 Å². The van der Waals surface area contributed by atoms with Crippen molar-refractivity contribution in [3.63, 3.8) is 0 Å². The lowest BCUT2D eigenvalue weighted by atomic mass is 10.2. The first-order valence-electron chi connectivity index (χ1n) is 5.67. The number of nitrogens with one attached hydrogen (secondary N) is 1. The SMILES string of the molecule is Cc1cnc(C(=O)N[C@@H](C)c2ccccn2)cn1. The standard InChI is InChI=1S/C13H14N4O/c1-9-7-16-12(8-15-9)13(18)17-10(2)11-5-3-4-6-14-11/h3-8,10H,1-2H3,(H,17,18)/t10-/m0/s1. The molecule has 0 saturated carbocycles. The van der Waals surface area contributed by atoms with Crippen LogP contribution in [0.1, 0.15) is 34.8 Å².